The predicted molar refractivity (Wildman–Crippen MR) is 96.5 cm³/mol. The number of carbonyl (C=O) groups excluding carboxylic acids is 2. The smallest absolute Gasteiger partial charge is 0.229 e. The first-order chi connectivity index (χ1) is 11.4. The average Bonchev–Trinajstić information content (AvgIpc) is 2.93. The van der Waals surface area contributed by atoms with Crippen LogP contribution in [0.5, 0.6) is 0 Å². The Morgan fingerprint density at radius 3 is 2.54 bits per heavy atom. The molecule has 124 valence electrons. The second kappa shape index (κ2) is 6.65. The van der Waals surface area contributed by atoms with Gasteiger partial charge in [-0.05, 0) is 49.7 Å². The van der Waals surface area contributed by atoms with E-state index >= 15 is 0 Å². The first-order valence-electron chi connectivity index (χ1n) is 7.88. The van der Waals surface area contributed by atoms with Crippen molar-refractivity contribution >= 4 is 34.8 Å². The van der Waals surface area contributed by atoms with Crippen molar-refractivity contribution in [2.45, 2.75) is 20.3 Å². The normalized spacial score (nSPS) is 17.2. The molecule has 1 saturated heterocycles. The molecule has 1 heterocycles. The summed E-state index contributed by atoms with van der Waals surface area (Å²) in [6.07, 6.45) is 0.222. The van der Waals surface area contributed by atoms with Crippen molar-refractivity contribution in [3.63, 3.8) is 0 Å². The molecule has 24 heavy (non-hydrogen) atoms. The van der Waals surface area contributed by atoms with Gasteiger partial charge in [-0.3, -0.25) is 9.59 Å². The van der Waals surface area contributed by atoms with E-state index in [9.17, 15) is 9.59 Å². The molecule has 1 aliphatic rings. The molecule has 1 N–H and O–H groups in total. The second-order valence-electron chi connectivity index (χ2n) is 6.19. The highest BCUT2D eigenvalue weighted by molar-refractivity contribution is 6.30. The van der Waals surface area contributed by atoms with Gasteiger partial charge in [0.15, 0.2) is 0 Å². The number of hydrogen-bond acceptors (Lipinski definition) is 2. The van der Waals surface area contributed by atoms with Crippen LogP contribution >= 0.6 is 11.6 Å². The highest BCUT2D eigenvalue weighted by atomic mass is 35.5. The zero-order valence-electron chi connectivity index (χ0n) is 13.7. The Hall–Kier alpha value is -2.33. The lowest BCUT2D eigenvalue weighted by Gasteiger charge is -2.17. The standard InChI is InChI=1S/C19H19ClN2O2/c1-12-3-8-17(13(2)9-12)21-19(24)14-10-18(23)22(11-14)16-6-4-15(20)5-7-16/h3-9,14H,10-11H2,1-2H3,(H,21,24). The van der Waals surface area contributed by atoms with E-state index in [1.54, 1.807) is 29.2 Å². The summed E-state index contributed by atoms with van der Waals surface area (Å²) in [7, 11) is 0. The van der Waals surface area contributed by atoms with E-state index in [0.717, 1.165) is 22.5 Å². The Morgan fingerprint density at radius 2 is 1.88 bits per heavy atom. The Morgan fingerprint density at radius 1 is 1.17 bits per heavy atom. The fourth-order valence-corrected chi connectivity index (χ4v) is 3.07. The maximum absolute atomic E-state index is 12.5. The Balaban J connectivity index is 1.70. The topological polar surface area (TPSA) is 49.4 Å². The van der Waals surface area contributed by atoms with Gasteiger partial charge in [0.2, 0.25) is 11.8 Å². The number of nitrogens with one attached hydrogen (secondary N) is 1. The third-order valence-electron chi connectivity index (χ3n) is 4.27. The summed E-state index contributed by atoms with van der Waals surface area (Å²) in [5.74, 6) is -0.515. The number of benzene rings is 2. The van der Waals surface area contributed by atoms with Gasteiger partial charge in [-0.25, -0.2) is 0 Å². The van der Waals surface area contributed by atoms with Gasteiger partial charge in [-0.1, -0.05) is 29.3 Å². The van der Waals surface area contributed by atoms with Crippen LogP contribution in [0, 0.1) is 19.8 Å². The molecule has 2 aromatic rings. The van der Waals surface area contributed by atoms with Gasteiger partial charge >= 0.3 is 0 Å². The van der Waals surface area contributed by atoms with E-state index < -0.39 is 0 Å². The Kier molecular flexibility index (Phi) is 4.58. The van der Waals surface area contributed by atoms with Crippen LogP contribution in [0.15, 0.2) is 42.5 Å². The van der Waals surface area contributed by atoms with Crippen LogP contribution < -0.4 is 10.2 Å². The molecule has 0 spiro atoms. The van der Waals surface area contributed by atoms with Gasteiger partial charge in [0.25, 0.3) is 0 Å². The van der Waals surface area contributed by atoms with E-state index in [-0.39, 0.29) is 24.2 Å². The molecule has 0 aliphatic carbocycles. The minimum absolute atomic E-state index is 0.0434. The van der Waals surface area contributed by atoms with Crippen molar-refractivity contribution in [2.24, 2.45) is 5.92 Å². The minimum atomic E-state index is -0.353. The molecule has 1 fully saturated rings. The number of halogens is 1. The third-order valence-corrected chi connectivity index (χ3v) is 4.53. The van der Waals surface area contributed by atoms with Gasteiger partial charge < -0.3 is 10.2 Å². The number of rotatable bonds is 3. The number of nitrogens with zero attached hydrogens (tertiary/aromatic N) is 1. The molecule has 2 amide bonds. The van der Waals surface area contributed by atoms with Crippen LogP contribution in [0.2, 0.25) is 5.02 Å². The van der Waals surface area contributed by atoms with Crippen LogP contribution in [0.4, 0.5) is 11.4 Å². The van der Waals surface area contributed by atoms with E-state index in [0.29, 0.717) is 11.6 Å². The maximum Gasteiger partial charge on any atom is 0.229 e. The Labute approximate surface area is 146 Å². The van der Waals surface area contributed by atoms with Gasteiger partial charge in [0.1, 0.15) is 0 Å². The van der Waals surface area contributed by atoms with Crippen molar-refractivity contribution in [1.29, 1.82) is 0 Å². The van der Waals surface area contributed by atoms with Crippen molar-refractivity contribution in [2.75, 3.05) is 16.8 Å². The zero-order chi connectivity index (χ0) is 17.3. The quantitative estimate of drug-likeness (QED) is 0.918. The Bertz CT molecular complexity index is 786. The second-order valence-corrected chi connectivity index (χ2v) is 6.63. The van der Waals surface area contributed by atoms with Gasteiger partial charge in [-0.15, -0.1) is 0 Å². The SMILES string of the molecule is Cc1ccc(NC(=O)C2CC(=O)N(c3ccc(Cl)cc3)C2)c(C)c1. The van der Waals surface area contributed by atoms with Crippen molar-refractivity contribution in [1.82, 2.24) is 0 Å². The van der Waals surface area contributed by atoms with Crippen molar-refractivity contribution < 1.29 is 9.59 Å². The van der Waals surface area contributed by atoms with Gasteiger partial charge in [-0.2, -0.15) is 0 Å². The number of anilines is 2. The molecule has 1 aliphatic heterocycles. The van der Waals surface area contributed by atoms with Crippen LogP contribution in [0.3, 0.4) is 0 Å². The van der Waals surface area contributed by atoms with E-state index in [4.69, 9.17) is 11.6 Å². The highest BCUT2D eigenvalue weighted by Gasteiger charge is 2.35. The summed E-state index contributed by atoms with van der Waals surface area (Å²) in [6.45, 7) is 4.36. The van der Waals surface area contributed by atoms with Crippen LogP contribution in [-0.2, 0) is 9.59 Å². The zero-order valence-corrected chi connectivity index (χ0v) is 14.4. The first-order valence-corrected chi connectivity index (χ1v) is 8.26. The molecule has 2 aromatic carbocycles. The summed E-state index contributed by atoms with van der Waals surface area (Å²) in [5.41, 5.74) is 3.73. The highest BCUT2D eigenvalue weighted by Crippen LogP contribution is 2.27. The molecule has 0 bridgehead atoms. The summed E-state index contributed by atoms with van der Waals surface area (Å²) >= 11 is 5.88. The summed E-state index contributed by atoms with van der Waals surface area (Å²) < 4.78 is 0. The fraction of sp³-hybridized carbons (Fsp3) is 0.263. The predicted octanol–water partition coefficient (Wildman–Crippen LogP) is 3.95. The summed E-state index contributed by atoms with van der Waals surface area (Å²) in [6, 6.07) is 13.0. The molecule has 0 aromatic heterocycles. The first kappa shape index (κ1) is 16.5. The van der Waals surface area contributed by atoms with Crippen LogP contribution in [0.25, 0.3) is 0 Å². The van der Waals surface area contributed by atoms with Crippen molar-refractivity contribution in [3.05, 3.63) is 58.6 Å². The lowest BCUT2D eigenvalue weighted by atomic mass is 10.1. The lowest BCUT2D eigenvalue weighted by Crippen LogP contribution is -2.28. The summed E-state index contributed by atoms with van der Waals surface area (Å²) in [5, 5.41) is 3.56. The maximum atomic E-state index is 12.5. The molecule has 4 nitrogen and oxygen atoms in total. The number of aryl methyl sites for hydroxylation is 2. The molecule has 5 heteroatoms. The number of carbonyl (C=O) groups is 2. The fourth-order valence-electron chi connectivity index (χ4n) is 2.94. The molecule has 3 rings (SSSR count). The molecular formula is C19H19ClN2O2. The van der Waals surface area contributed by atoms with Gasteiger partial charge in [0.05, 0.1) is 5.92 Å². The van der Waals surface area contributed by atoms with Gasteiger partial charge in [0, 0.05) is 29.4 Å². The largest absolute Gasteiger partial charge is 0.326 e. The molecular weight excluding hydrogens is 324 g/mol. The molecule has 0 saturated carbocycles. The molecule has 1 unspecified atom stereocenters. The average molecular weight is 343 g/mol. The van der Waals surface area contributed by atoms with Crippen LogP contribution in [0.1, 0.15) is 17.5 Å². The molecule has 1 atom stereocenters. The van der Waals surface area contributed by atoms with E-state index in [2.05, 4.69) is 5.32 Å². The monoisotopic (exact) mass is 342 g/mol. The third kappa shape index (κ3) is 3.44. The van der Waals surface area contributed by atoms with Crippen molar-refractivity contribution in [3.8, 4) is 0 Å². The van der Waals surface area contributed by atoms with E-state index in [1.165, 1.54) is 0 Å². The number of amides is 2. The molecule has 0 radical (unpaired) electrons. The number of hydrogen-bond donors (Lipinski definition) is 1. The lowest BCUT2D eigenvalue weighted by molar-refractivity contribution is -0.122. The van der Waals surface area contributed by atoms with E-state index in [1.807, 2.05) is 32.0 Å². The van der Waals surface area contributed by atoms with Crippen LogP contribution in [-0.4, -0.2) is 18.4 Å². The summed E-state index contributed by atoms with van der Waals surface area (Å²) in [4.78, 5) is 26.4. The minimum Gasteiger partial charge on any atom is -0.326 e.